The summed E-state index contributed by atoms with van der Waals surface area (Å²) in [6, 6.07) is 2.78. The molecule has 102 valence electrons. The van der Waals surface area contributed by atoms with Gasteiger partial charge in [-0.3, -0.25) is 4.68 Å². The lowest BCUT2D eigenvalue weighted by molar-refractivity contribution is 0.554. The number of nitrogens with two attached hydrogens (primary N) is 1. The fourth-order valence-corrected chi connectivity index (χ4v) is 2.29. The molecule has 1 aromatic heterocycles. The third-order valence-corrected chi connectivity index (χ3v) is 3.53. The Bertz CT molecular complexity index is 610. The van der Waals surface area contributed by atoms with Gasteiger partial charge in [0.25, 0.3) is 0 Å². The van der Waals surface area contributed by atoms with Gasteiger partial charge in [-0.1, -0.05) is 17.7 Å². The van der Waals surface area contributed by atoms with Gasteiger partial charge in [0.15, 0.2) is 0 Å². The van der Waals surface area contributed by atoms with E-state index in [1.807, 2.05) is 6.92 Å². The minimum Gasteiger partial charge on any atom is -0.324 e. The van der Waals surface area contributed by atoms with Crippen LogP contribution >= 0.6 is 11.6 Å². The van der Waals surface area contributed by atoms with E-state index in [1.165, 1.54) is 12.1 Å². The number of nitrogens with zero attached hydrogens (tertiary/aromatic N) is 2. The van der Waals surface area contributed by atoms with Crippen molar-refractivity contribution in [3.8, 4) is 0 Å². The monoisotopic (exact) mass is 285 g/mol. The number of halogens is 3. The summed E-state index contributed by atoms with van der Waals surface area (Å²) in [7, 11) is 1.73. The van der Waals surface area contributed by atoms with Gasteiger partial charge in [-0.15, -0.1) is 0 Å². The van der Waals surface area contributed by atoms with Crippen molar-refractivity contribution in [2.24, 2.45) is 12.8 Å². The molecule has 0 saturated heterocycles. The van der Waals surface area contributed by atoms with Crippen molar-refractivity contribution >= 4 is 11.6 Å². The van der Waals surface area contributed by atoms with Crippen molar-refractivity contribution < 1.29 is 8.78 Å². The quantitative estimate of drug-likeness (QED) is 0.942. The van der Waals surface area contributed by atoms with Crippen molar-refractivity contribution in [3.05, 3.63) is 51.8 Å². The highest BCUT2D eigenvalue weighted by atomic mass is 35.5. The maximum Gasteiger partial charge on any atom is 0.130 e. The number of hydrogen-bond acceptors (Lipinski definition) is 2. The van der Waals surface area contributed by atoms with Crippen LogP contribution in [0.15, 0.2) is 18.2 Å². The summed E-state index contributed by atoms with van der Waals surface area (Å²) in [5.41, 5.74) is 7.76. The summed E-state index contributed by atoms with van der Waals surface area (Å²) in [6.07, 6.45) is 0.348. The summed E-state index contributed by atoms with van der Waals surface area (Å²) >= 11 is 6.10. The molecule has 1 heterocycles. The number of benzene rings is 1. The zero-order valence-electron chi connectivity index (χ0n) is 10.6. The predicted molar refractivity (Wildman–Crippen MR) is 69.9 cm³/mol. The molecule has 1 atom stereocenters. The minimum absolute atomic E-state index is 0.265. The molecule has 0 aliphatic carbocycles. The number of aromatic nitrogens is 2. The lowest BCUT2D eigenvalue weighted by atomic mass is 9.99. The van der Waals surface area contributed by atoms with Gasteiger partial charge in [0, 0.05) is 30.3 Å². The second-order valence-electron chi connectivity index (χ2n) is 4.45. The number of hydrogen-bond donors (Lipinski definition) is 1. The first-order valence-corrected chi connectivity index (χ1v) is 6.16. The van der Waals surface area contributed by atoms with E-state index in [9.17, 15) is 8.78 Å². The fourth-order valence-electron chi connectivity index (χ4n) is 2.04. The largest absolute Gasteiger partial charge is 0.324 e. The Hall–Kier alpha value is -1.46. The molecule has 0 radical (unpaired) electrons. The summed E-state index contributed by atoms with van der Waals surface area (Å²) in [6.45, 7) is 1.81. The molecule has 0 amide bonds. The summed E-state index contributed by atoms with van der Waals surface area (Å²) < 4.78 is 28.0. The van der Waals surface area contributed by atoms with Crippen molar-refractivity contribution in [2.45, 2.75) is 19.4 Å². The molecule has 0 saturated carbocycles. The first-order valence-electron chi connectivity index (χ1n) is 5.78. The summed E-state index contributed by atoms with van der Waals surface area (Å²) in [5.74, 6) is -1.27. The van der Waals surface area contributed by atoms with E-state index in [0.29, 0.717) is 11.6 Å². The second-order valence-corrected chi connectivity index (χ2v) is 4.81. The molecule has 6 heteroatoms. The maximum atomic E-state index is 13.6. The smallest absolute Gasteiger partial charge is 0.130 e. The van der Waals surface area contributed by atoms with Gasteiger partial charge in [-0.05, 0) is 19.4 Å². The molecule has 1 unspecified atom stereocenters. The molecule has 0 bridgehead atoms. The van der Waals surface area contributed by atoms with Crippen LogP contribution in [0.2, 0.25) is 5.15 Å². The van der Waals surface area contributed by atoms with E-state index in [-0.39, 0.29) is 5.56 Å². The Balaban J connectivity index is 2.28. The van der Waals surface area contributed by atoms with Gasteiger partial charge in [-0.2, -0.15) is 5.10 Å². The molecule has 2 rings (SSSR count). The van der Waals surface area contributed by atoms with Gasteiger partial charge in [-0.25, -0.2) is 8.78 Å². The van der Waals surface area contributed by atoms with E-state index in [1.54, 1.807) is 11.7 Å². The Kier molecular flexibility index (Phi) is 3.87. The van der Waals surface area contributed by atoms with E-state index in [4.69, 9.17) is 17.3 Å². The molecule has 0 spiro atoms. The van der Waals surface area contributed by atoms with Gasteiger partial charge in [0.2, 0.25) is 0 Å². The molecule has 19 heavy (non-hydrogen) atoms. The predicted octanol–water partition coefficient (Wildman–Crippen LogP) is 2.90. The average Bonchev–Trinajstić information content (AvgIpc) is 2.56. The van der Waals surface area contributed by atoms with Crippen molar-refractivity contribution in [1.82, 2.24) is 9.78 Å². The van der Waals surface area contributed by atoms with Crippen molar-refractivity contribution in [3.63, 3.8) is 0 Å². The number of rotatable bonds is 3. The molecule has 2 N–H and O–H groups in total. The van der Waals surface area contributed by atoms with Crippen LogP contribution < -0.4 is 5.73 Å². The molecule has 0 fully saturated rings. The SMILES string of the molecule is Cc1nn(C)c(Cl)c1CC(N)c1ccc(F)cc1F. The normalized spacial score (nSPS) is 12.7. The van der Waals surface area contributed by atoms with E-state index in [0.717, 1.165) is 17.3 Å². The lowest BCUT2D eigenvalue weighted by Crippen LogP contribution is -2.15. The fraction of sp³-hybridized carbons (Fsp3) is 0.308. The van der Waals surface area contributed by atoms with Gasteiger partial charge < -0.3 is 5.73 Å². The van der Waals surface area contributed by atoms with Gasteiger partial charge >= 0.3 is 0 Å². The van der Waals surface area contributed by atoms with Crippen LogP contribution in [0.1, 0.15) is 22.9 Å². The Morgan fingerprint density at radius 1 is 1.42 bits per heavy atom. The highest BCUT2D eigenvalue weighted by molar-refractivity contribution is 6.30. The third-order valence-electron chi connectivity index (χ3n) is 3.06. The standard InChI is InChI=1S/C13H14ClF2N3/c1-7-10(13(14)19(2)18-7)6-12(17)9-4-3-8(15)5-11(9)16/h3-5,12H,6,17H2,1-2H3. The minimum atomic E-state index is -0.648. The Labute approximate surface area is 115 Å². The van der Waals surface area contributed by atoms with Crippen LogP contribution in [0.3, 0.4) is 0 Å². The van der Waals surface area contributed by atoms with Crippen LogP contribution in [0.5, 0.6) is 0 Å². The first kappa shape index (κ1) is 14.0. The topological polar surface area (TPSA) is 43.8 Å². The highest BCUT2D eigenvalue weighted by Gasteiger charge is 2.18. The van der Waals surface area contributed by atoms with Crippen LogP contribution in [0.25, 0.3) is 0 Å². The van der Waals surface area contributed by atoms with Gasteiger partial charge in [0.05, 0.1) is 5.69 Å². The third kappa shape index (κ3) is 2.77. The summed E-state index contributed by atoms with van der Waals surface area (Å²) in [5, 5.41) is 4.65. The molecule has 3 nitrogen and oxygen atoms in total. The Morgan fingerprint density at radius 3 is 2.63 bits per heavy atom. The van der Waals surface area contributed by atoms with Crippen LogP contribution in [0, 0.1) is 18.6 Å². The average molecular weight is 286 g/mol. The molecule has 0 aliphatic rings. The zero-order chi connectivity index (χ0) is 14.2. The first-order chi connectivity index (χ1) is 8.90. The molecule has 2 aromatic rings. The van der Waals surface area contributed by atoms with Crippen LogP contribution in [-0.4, -0.2) is 9.78 Å². The zero-order valence-corrected chi connectivity index (χ0v) is 11.4. The van der Waals surface area contributed by atoms with Crippen molar-refractivity contribution in [2.75, 3.05) is 0 Å². The van der Waals surface area contributed by atoms with E-state index in [2.05, 4.69) is 5.10 Å². The number of aryl methyl sites for hydroxylation is 2. The summed E-state index contributed by atoms with van der Waals surface area (Å²) in [4.78, 5) is 0. The second kappa shape index (κ2) is 5.27. The van der Waals surface area contributed by atoms with Crippen LogP contribution in [0.4, 0.5) is 8.78 Å². The van der Waals surface area contributed by atoms with Crippen molar-refractivity contribution in [1.29, 1.82) is 0 Å². The van der Waals surface area contributed by atoms with E-state index < -0.39 is 17.7 Å². The van der Waals surface area contributed by atoms with E-state index >= 15 is 0 Å². The maximum absolute atomic E-state index is 13.6. The highest BCUT2D eigenvalue weighted by Crippen LogP contribution is 2.25. The lowest BCUT2D eigenvalue weighted by Gasteiger charge is -2.13. The molecule has 1 aromatic carbocycles. The molecular weight excluding hydrogens is 272 g/mol. The molecule has 0 aliphatic heterocycles. The molecular formula is C13H14ClF2N3. The van der Waals surface area contributed by atoms with Crippen LogP contribution in [-0.2, 0) is 13.5 Å². The van der Waals surface area contributed by atoms with Gasteiger partial charge in [0.1, 0.15) is 16.8 Å². The Morgan fingerprint density at radius 2 is 2.11 bits per heavy atom.